The maximum atomic E-state index is 12.4. The molecular formula is C13H7F3N2O2S. The number of rotatable bonds is 3. The molecule has 0 aliphatic rings. The lowest BCUT2D eigenvalue weighted by Gasteiger charge is -2.07. The average Bonchev–Trinajstić information content (AvgIpc) is 3.08. The van der Waals surface area contributed by atoms with Gasteiger partial charge >= 0.3 is 6.18 Å². The van der Waals surface area contributed by atoms with Crippen molar-refractivity contribution in [2.24, 2.45) is 0 Å². The van der Waals surface area contributed by atoms with E-state index >= 15 is 0 Å². The number of hydrogen-bond donors (Lipinski definition) is 0. The molecule has 0 radical (unpaired) electrons. The van der Waals surface area contributed by atoms with Crippen LogP contribution in [0.1, 0.15) is 5.56 Å². The lowest BCUT2D eigenvalue weighted by Crippen LogP contribution is -2.03. The first-order valence-corrected chi connectivity index (χ1v) is 6.60. The van der Waals surface area contributed by atoms with E-state index in [1.807, 2.05) is 0 Å². The van der Waals surface area contributed by atoms with E-state index in [2.05, 4.69) is 10.2 Å². The van der Waals surface area contributed by atoms with Crippen molar-refractivity contribution in [1.82, 2.24) is 10.2 Å². The van der Waals surface area contributed by atoms with Crippen LogP contribution in [0.25, 0.3) is 10.8 Å². The first-order valence-electron chi connectivity index (χ1n) is 5.72. The van der Waals surface area contributed by atoms with Gasteiger partial charge in [0.25, 0.3) is 5.89 Å². The molecule has 0 spiro atoms. The van der Waals surface area contributed by atoms with Crippen molar-refractivity contribution in [2.45, 2.75) is 6.18 Å². The third kappa shape index (κ3) is 3.05. The van der Waals surface area contributed by atoms with Gasteiger partial charge in [-0.3, -0.25) is 0 Å². The summed E-state index contributed by atoms with van der Waals surface area (Å²) in [6, 6.07) is 6.16. The molecule has 8 heteroatoms. The van der Waals surface area contributed by atoms with Gasteiger partial charge in [0, 0.05) is 11.4 Å². The maximum absolute atomic E-state index is 12.4. The van der Waals surface area contributed by atoms with Crippen molar-refractivity contribution < 1.29 is 22.3 Å². The monoisotopic (exact) mass is 312 g/mol. The Balaban J connectivity index is 1.75. The smallest absolute Gasteiger partial charge is 0.416 e. The minimum Gasteiger partial charge on any atom is -0.456 e. The summed E-state index contributed by atoms with van der Waals surface area (Å²) in [6.07, 6.45) is -3.14. The number of thiophene rings is 1. The van der Waals surface area contributed by atoms with Crippen LogP contribution in [0.2, 0.25) is 0 Å². The van der Waals surface area contributed by atoms with E-state index in [4.69, 9.17) is 9.15 Å². The number of benzene rings is 1. The number of alkyl halides is 3. The molecule has 1 aromatic carbocycles. The van der Waals surface area contributed by atoms with Crippen LogP contribution in [0.4, 0.5) is 13.2 Å². The number of hydrogen-bond acceptors (Lipinski definition) is 5. The molecule has 0 aliphatic heterocycles. The second kappa shape index (κ2) is 5.21. The topological polar surface area (TPSA) is 48.2 Å². The molecule has 0 unspecified atom stereocenters. The quantitative estimate of drug-likeness (QED) is 0.708. The second-order valence-electron chi connectivity index (χ2n) is 4.01. The van der Waals surface area contributed by atoms with Crippen LogP contribution in [-0.4, -0.2) is 10.2 Å². The normalized spacial score (nSPS) is 11.6. The molecule has 0 atom stereocenters. The molecule has 3 rings (SSSR count). The van der Waals surface area contributed by atoms with E-state index in [9.17, 15) is 13.2 Å². The van der Waals surface area contributed by atoms with E-state index < -0.39 is 11.7 Å². The SMILES string of the molecule is FC(F)(F)c1ccc(Oc2csc(-c3nnco3)c2)cc1. The van der Waals surface area contributed by atoms with Gasteiger partial charge < -0.3 is 9.15 Å². The number of aromatic nitrogens is 2. The molecular weight excluding hydrogens is 305 g/mol. The Morgan fingerprint density at radius 1 is 1.10 bits per heavy atom. The summed E-state index contributed by atoms with van der Waals surface area (Å²) in [5.74, 6) is 1.17. The second-order valence-corrected chi connectivity index (χ2v) is 4.93. The molecule has 0 bridgehead atoms. The summed E-state index contributed by atoms with van der Waals surface area (Å²) in [6.45, 7) is 0. The molecule has 0 N–H and O–H groups in total. The molecule has 0 aliphatic carbocycles. The Bertz CT molecular complexity index is 721. The highest BCUT2D eigenvalue weighted by Gasteiger charge is 2.30. The van der Waals surface area contributed by atoms with Gasteiger partial charge in [-0.1, -0.05) is 0 Å². The Morgan fingerprint density at radius 3 is 2.48 bits per heavy atom. The van der Waals surface area contributed by atoms with Crippen molar-refractivity contribution in [3.05, 3.63) is 47.7 Å². The van der Waals surface area contributed by atoms with Crippen molar-refractivity contribution in [2.75, 3.05) is 0 Å². The van der Waals surface area contributed by atoms with Crippen molar-refractivity contribution in [3.8, 4) is 22.3 Å². The van der Waals surface area contributed by atoms with Crippen LogP contribution in [0.3, 0.4) is 0 Å². The predicted molar refractivity (Wildman–Crippen MR) is 69.1 cm³/mol. The molecule has 0 fully saturated rings. The van der Waals surface area contributed by atoms with Crippen LogP contribution in [0, 0.1) is 0 Å². The summed E-state index contributed by atoms with van der Waals surface area (Å²) in [5.41, 5.74) is -0.716. The standard InChI is InChI=1S/C13H7F3N2O2S/c14-13(15,16)8-1-3-9(4-2-8)20-10-5-11(21-6-10)12-18-17-7-19-12/h1-7H. The average molecular weight is 312 g/mol. The van der Waals surface area contributed by atoms with Gasteiger partial charge in [0.15, 0.2) is 0 Å². The van der Waals surface area contributed by atoms with E-state index in [0.717, 1.165) is 17.0 Å². The Morgan fingerprint density at radius 2 is 1.86 bits per heavy atom. The van der Waals surface area contributed by atoms with E-state index in [-0.39, 0.29) is 0 Å². The lowest BCUT2D eigenvalue weighted by atomic mass is 10.2. The molecule has 4 nitrogen and oxygen atoms in total. The van der Waals surface area contributed by atoms with E-state index in [1.165, 1.54) is 29.9 Å². The van der Waals surface area contributed by atoms with E-state index in [1.54, 1.807) is 11.4 Å². The molecule has 0 saturated carbocycles. The highest BCUT2D eigenvalue weighted by Crippen LogP contribution is 2.34. The molecule has 2 aromatic heterocycles. The fourth-order valence-corrected chi connectivity index (χ4v) is 2.35. The fourth-order valence-electron chi connectivity index (χ4n) is 1.61. The zero-order valence-electron chi connectivity index (χ0n) is 10.3. The van der Waals surface area contributed by atoms with Gasteiger partial charge in [-0.05, 0) is 24.3 Å². The summed E-state index contributed by atoms with van der Waals surface area (Å²) in [4.78, 5) is 0.717. The van der Waals surface area contributed by atoms with Crippen LogP contribution in [0.15, 0.2) is 46.5 Å². The van der Waals surface area contributed by atoms with E-state index in [0.29, 0.717) is 17.4 Å². The lowest BCUT2D eigenvalue weighted by molar-refractivity contribution is -0.137. The molecule has 0 amide bonds. The summed E-state index contributed by atoms with van der Waals surface area (Å²) >= 11 is 1.33. The zero-order valence-corrected chi connectivity index (χ0v) is 11.1. The molecule has 108 valence electrons. The first kappa shape index (κ1) is 13.6. The third-order valence-corrected chi connectivity index (χ3v) is 3.46. The van der Waals surface area contributed by atoms with Gasteiger partial charge in [-0.25, -0.2) is 0 Å². The summed E-state index contributed by atoms with van der Waals surface area (Å²) < 4.78 is 47.9. The number of ether oxygens (including phenoxy) is 1. The van der Waals surface area contributed by atoms with Crippen LogP contribution in [-0.2, 0) is 6.18 Å². The highest BCUT2D eigenvalue weighted by atomic mass is 32.1. The van der Waals surface area contributed by atoms with Crippen molar-refractivity contribution in [1.29, 1.82) is 0 Å². The minimum absolute atomic E-state index is 0.317. The van der Waals surface area contributed by atoms with Crippen LogP contribution in [0.5, 0.6) is 11.5 Å². The highest BCUT2D eigenvalue weighted by molar-refractivity contribution is 7.13. The summed E-state index contributed by atoms with van der Waals surface area (Å²) in [7, 11) is 0. The largest absolute Gasteiger partial charge is 0.456 e. The maximum Gasteiger partial charge on any atom is 0.416 e. The number of halogens is 3. The fraction of sp³-hybridized carbons (Fsp3) is 0.0769. The van der Waals surface area contributed by atoms with Gasteiger partial charge in [-0.15, -0.1) is 21.5 Å². The zero-order chi connectivity index (χ0) is 14.9. The van der Waals surface area contributed by atoms with Crippen molar-refractivity contribution in [3.63, 3.8) is 0 Å². The minimum atomic E-state index is -4.36. The summed E-state index contributed by atoms with van der Waals surface area (Å²) in [5, 5.41) is 9.03. The Labute approximate surface area is 120 Å². The number of nitrogens with zero attached hydrogens (tertiary/aromatic N) is 2. The first-order chi connectivity index (χ1) is 10.0. The van der Waals surface area contributed by atoms with Gasteiger partial charge in [0.05, 0.1) is 10.4 Å². The Kier molecular flexibility index (Phi) is 3.38. The van der Waals surface area contributed by atoms with Gasteiger partial charge in [0.1, 0.15) is 11.5 Å². The van der Waals surface area contributed by atoms with Crippen LogP contribution < -0.4 is 4.74 Å². The predicted octanol–water partition coefficient (Wildman–Crippen LogP) is 4.61. The Hall–Kier alpha value is -2.35. The van der Waals surface area contributed by atoms with Crippen molar-refractivity contribution >= 4 is 11.3 Å². The van der Waals surface area contributed by atoms with Crippen LogP contribution >= 0.6 is 11.3 Å². The third-order valence-electron chi connectivity index (χ3n) is 2.56. The van der Waals surface area contributed by atoms with Gasteiger partial charge in [-0.2, -0.15) is 13.2 Å². The molecule has 2 heterocycles. The molecule has 21 heavy (non-hydrogen) atoms. The molecule has 0 saturated heterocycles. The molecule has 3 aromatic rings. The van der Waals surface area contributed by atoms with Gasteiger partial charge in [0.2, 0.25) is 6.39 Å².